The molecule has 9 heteroatoms. The van der Waals surface area contributed by atoms with Gasteiger partial charge in [-0.1, -0.05) is 6.07 Å². The number of carbonyl (C=O) groups is 2. The fraction of sp³-hybridized carbons (Fsp3) is 0.211. The lowest BCUT2D eigenvalue weighted by molar-refractivity contribution is -0.139. The first-order chi connectivity index (χ1) is 13.4. The summed E-state index contributed by atoms with van der Waals surface area (Å²) in [6, 6.07) is 6.75. The molecule has 0 unspecified atom stereocenters. The Hall–Kier alpha value is -3.49. The zero-order valence-electron chi connectivity index (χ0n) is 15.2. The van der Waals surface area contributed by atoms with E-state index in [0.29, 0.717) is 11.3 Å². The van der Waals surface area contributed by atoms with Gasteiger partial charge in [-0.2, -0.15) is 0 Å². The molecule has 0 radical (unpaired) electrons. The van der Waals surface area contributed by atoms with Gasteiger partial charge < -0.3 is 14.8 Å². The number of benzene rings is 1. The van der Waals surface area contributed by atoms with Crippen LogP contribution >= 0.6 is 0 Å². The van der Waals surface area contributed by atoms with Crippen LogP contribution in [0.4, 0.5) is 8.78 Å². The fourth-order valence-corrected chi connectivity index (χ4v) is 2.67. The first-order valence-corrected chi connectivity index (χ1v) is 8.30. The number of fused-ring (bicyclic) bond motifs is 1. The monoisotopic (exact) mass is 389 g/mol. The van der Waals surface area contributed by atoms with Crippen molar-refractivity contribution in [1.29, 1.82) is 0 Å². The molecule has 7 nitrogen and oxygen atoms in total. The summed E-state index contributed by atoms with van der Waals surface area (Å²) in [4.78, 5) is 28.0. The molecule has 0 bridgehead atoms. The van der Waals surface area contributed by atoms with Crippen LogP contribution < -0.4 is 10.1 Å². The van der Waals surface area contributed by atoms with E-state index in [1.807, 2.05) is 0 Å². The minimum absolute atomic E-state index is 0.205. The van der Waals surface area contributed by atoms with Crippen molar-refractivity contribution in [2.45, 2.75) is 13.5 Å². The van der Waals surface area contributed by atoms with Gasteiger partial charge in [0.1, 0.15) is 30.5 Å². The summed E-state index contributed by atoms with van der Waals surface area (Å²) in [7, 11) is 1.22. The smallest absolute Gasteiger partial charge is 0.325 e. The number of nitrogens with zero attached hydrogens (tertiary/aromatic N) is 2. The van der Waals surface area contributed by atoms with Crippen molar-refractivity contribution >= 4 is 17.5 Å². The van der Waals surface area contributed by atoms with E-state index in [-0.39, 0.29) is 30.2 Å². The summed E-state index contributed by atoms with van der Waals surface area (Å²) < 4.78 is 39.1. The maximum absolute atomic E-state index is 13.8. The number of imidazole rings is 1. The number of hydrogen-bond donors (Lipinski definition) is 1. The molecular weight excluding hydrogens is 372 g/mol. The lowest BCUT2D eigenvalue weighted by atomic mass is 10.2. The normalized spacial score (nSPS) is 10.7. The summed E-state index contributed by atoms with van der Waals surface area (Å²) >= 11 is 0. The first-order valence-electron chi connectivity index (χ1n) is 8.30. The van der Waals surface area contributed by atoms with Gasteiger partial charge in [-0.15, -0.1) is 0 Å². The van der Waals surface area contributed by atoms with Crippen molar-refractivity contribution in [2.24, 2.45) is 0 Å². The largest absolute Gasteiger partial charge is 0.485 e. The molecule has 0 spiro atoms. The molecule has 0 saturated carbocycles. The van der Waals surface area contributed by atoms with Crippen molar-refractivity contribution < 1.29 is 27.8 Å². The highest BCUT2D eigenvalue weighted by Crippen LogP contribution is 2.24. The Kier molecular flexibility index (Phi) is 5.53. The number of amides is 1. The number of methoxy groups -OCH3 is 1. The molecule has 0 atom stereocenters. The molecule has 2 heterocycles. The average molecular weight is 389 g/mol. The van der Waals surface area contributed by atoms with Crippen LogP contribution in [0.1, 0.15) is 21.7 Å². The van der Waals surface area contributed by atoms with Gasteiger partial charge in [0.05, 0.1) is 18.4 Å². The Morgan fingerprint density at radius 3 is 2.57 bits per heavy atom. The fourth-order valence-electron chi connectivity index (χ4n) is 2.67. The number of pyridine rings is 1. The molecule has 0 aliphatic carbocycles. The summed E-state index contributed by atoms with van der Waals surface area (Å²) in [5, 5.41) is 2.45. The second kappa shape index (κ2) is 8.03. The summed E-state index contributed by atoms with van der Waals surface area (Å²) in [5.74, 6) is -2.28. The van der Waals surface area contributed by atoms with Crippen molar-refractivity contribution in [3.05, 3.63) is 65.1 Å². The highest BCUT2D eigenvalue weighted by Gasteiger charge is 2.20. The van der Waals surface area contributed by atoms with Crippen LogP contribution in [0.15, 0.2) is 36.5 Å². The predicted octanol–water partition coefficient (Wildman–Crippen LogP) is 2.40. The van der Waals surface area contributed by atoms with Crippen LogP contribution in [0.3, 0.4) is 0 Å². The van der Waals surface area contributed by atoms with E-state index in [9.17, 15) is 18.4 Å². The molecule has 1 N–H and O–H groups in total. The molecule has 3 aromatic rings. The second-order valence-electron chi connectivity index (χ2n) is 5.86. The number of esters is 1. The van der Waals surface area contributed by atoms with Crippen LogP contribution in [0.5, 0.6) is 5.75 Å². The molecule has 2 aromatic heterocycles. The number of ether oxygens (including phenoxy) is 2. The molecule has 1 amide bonds. The minimum Gasteiger partial charge on any atom is -0.485 e. The van der Waals surface area contributed by atoms with Crippen molar-refractivity contribution in [3.8, 4) is 5.75 Å². The predicted molar refractivity (Wildman–Crippen MR) is 95.0 cm³/mol. The molecule has 0 aliphatic heterocycles. The van der Waals surface area contributed by atoms with E-state index < -0.39 is 23.5 Å². The van der Waals surface area contributed by atoms with Crippen molar-refractivity contribution in [3.63, 3.8) is 0 Å². The number of carbonyl (C=O) groups excluding carboxylic acids is 2. The lowest BCUT2D eigenvalue weighted by Crippen LogP contribution is -2.31. The Morgan fingerprint density at radius 2 is 1.89 bits per heavy atom. The Morgan fingerprint density at radius 1 is 1.18 bits per heavy atom. The third kappa shape index (κ3) is 3.78. The van der Waals surface area contributed by atoms with E-state index in [0.717, 1.165) is 12.1 Å². The van der Waals surface area contributed by atoms with Crippen LogP contribution in [0.2, 0.25) is 0 Å². The van der Waals surface area contributed by atoms with Gasteiger partial charge in [0.25, 0.3) is 5.91 Å². The van der Waals surface area contributed by atoms with Gasteiger partial charge in [0.15, 0.2) is 11.4 Å². The van der Waals surface area contributed by atoms with E-state index >= 15 is 0 Å². The van der Waals surface area contributed by atoms with Gasteiger partial charge in [-0.05, 0) is 31.2 Å². The SMILES string of the molecule is COC(=O)CNC(=O)c1c(C)nc2c(OCc3c(F)cccc3F)cccn12. The van der Waals surface area contributed by atoms with E-state index in [1.165, 1.54) is 17.6 Å². The summed E-state index contributed by atoms with van der Waals surface area (Å²) in [6.07, 6.45) is 1.60. The molecule has 0 aliphatic rings. The second-order valence-corrected chi connectivity index (χ2v) is 5.86. The number of aromatic nitrogens is 2. The molecule has 3 rings (SSSR count). The van der Waals surface area contributed by atoms with E-state index in [4.69, 9.17) is 4.74 Å². The molecule has 146 valence electrons. The quantitative estimate of drug-likeness (QED) is 0.655. The number of halogens is 2. The highest BCUT2D eigenvalue weighted by molar-refractivity contribution is 5.96. The van der Waals surface area contributed by atoms with Crippen molar-refractivity contribution in [2.75, 3.05) is 13.7 Å². The summed E-state index contributed by atoms with van der Waals surface area (Å²) in [5.41, 5.74) is 0.709. The van der Waals surface area contributed by atoms with Gasteiger partial charge in [-0.25, -0.2) is 13.8 Å². The lowest BCUT2D eigenvalue weighted by Gasteiger charge is -2.09. The Labute approximate surface area is 158 Å². The number of rotatable bonds is 6. The Balaban J connectivity index is 1.88. The topological polar surface area (TPSA) is 81.9 Å². The minimum atomic E-state index is -0.714. The van der Waals surface area contributed by atoms with Gasteiger partial charge in [-0.3, -0.25) is 14.0 Å². The van der Waals surface area contributed by atoms with Gasteiger partial charge >= 0.3 is 5.97 Å². The van der Waals surface area contributed by atoms with Gasteiger partial charge in [0.2, 0.25) is 0 Å². The number of aryl methyl sites for hydroxylation is 1. The van der Waals surface area contributed by atoms with E-state index in [1.54, 1.807) is 25.3 Å². The molecule has 1 aromatic carbocycles. The molecule has 0 fully saturated rings. The highest BCUT2D eigenvalue weighted by atomic mass is 19.1. The van der Waals surface area contributed by atoms with Crippen LogP contribution in [0.25, 0.3) is 5.65 Å². The number of hydrogen-bond acceptors (Lipinski definition) is 5. The molecule has 0 saturated heterocycles. The van der Waals surface area contributed by atoms with Crippen LogP contribution in [-0.4, -0.2) is 34.9 Å². The zero-order valence-corrected chi connectivity index (χ0v) is 15.2. The standard InChI is InChI=1S/C19H17F2N3O4/c1-11-17(19(26)22-9-16(25)27-2)24-8-4-7-15(18(24)23-11)28-10-12-13(20)5-3-6-14(12)21/h3-8H,9-10H2,1-2H3,(H,22,26). The maximum atomic E-state index is 13.8. The number of nitrogens with one attached hydrogen (secondary N) is 1. The van der Waals surface area contributed by atoms with Crippen LogP contribution in [0, 0.1) is 18.6 Å². The first kappa shape index (κ1) is 19.3. The third-order valence-corrected chi connectivity index (χ3v) is 4.06. The van der Waals surface area contributed by atoms with Crippen LogP contribution in [-0.2, 0) is 16.1 Å². The molecule has 28 heavy (non-hydrogen) atoms. The van der Waals surface area contributed by atoms with E-state index in [2.05, 4.69) is 15.0 Å². The van der Waals surface area contributed by atoms with Crippen molar-refractivity contribution in [1.82, 2.24) is 14.7 Å². The Bertz CT molecular complexity index is 1030. The average Bonchev–Trinajstić information content (AvgIpc) is 3.02. The maximum Gasteiger partial charge on any atom is 0.325 e. The summed E-state index contributed by atoms with van der Waals surface area (Å²) in [6.45, 7) is 0.999. The third-order valence-electron chi connectivity index (χ3n) is 4.06. The van der Waals surface area contributed by atoms with Gasteiger partial charge in [0, 0.05) is 6.20 Å². The zero-order chi connectivity index (χ0) is 20.3. The molecular formula is C19H17F2N3O4.